The SMILES string of the molecule is CC(C)(C)OC(=O)NC(=Nc1ccc(C(=O)O)c(C(F)(F)F)c1)NC(=O)OC(C)(C)C. The van der Waals surface area contributed by atoms with E-state index in [0.29, 0.717) is 12.1 Å². The molecule has 0 aliphatic heterocycles. The maximum Gasteiger partial charge on any atom is 0.417 e. The van der Waals surface area contributed by atoms with E-state index in [4.69, 9.17) is 14.6 Å². The smallest absolute Gasteiger partial charge is 0.417 e. The van der Waals surface area contributed by atoms with Crippen molar-refractivity contribution in [2.45, 2.75) is 58.9 Å². The number of nitrogens with zero attached hydrogens (tertiary/aromatic N) is 1. The number of ether oxygens (including phenoxy) is 2. The van der Waals surface area contributed by atoms with Crippen LogP contribution in [0.5, 0.6) is 0 Å². The lowest BCUT2D eigenvalue weighted by molar-refractivity contribution is -0.138. The van der Waals surface area contributed by atoms with Gasteiger partial charge in [-0.3, -0.25) is 10.6 Å². The van der Waals surface area contributed by atoms with Crippen molar-refractivity contribution in [2.75, 3.05) is 0 Å². The van der Waals surface area contributed by atoms with E-state index in [1.54, 1.807) is 41.5 Å². The Morgan fingerprint density at radius 3 is 1.71 bits per heavy atom. The fourth-order valence-corrected chi connectivity index (χ4v) is 2.04. The van der Waals surface area contributed by atoms with Crippen LogP contribution in [-0.2, 0) is 15.7 Å². The Kier molecular flexibility index (Phi) is 7.66. The number of halogens is 3. The lowest BCUT2D eigenvalue weighted by Crippen LogP contribution is -2.47. The molecule has 172 valence electrons. The van der Waals surface area contributed by atoms with Gasteiger partial charge < -0.3 is 14.6 Å². The normalized spacial score (nSPS) is 11.9. The predicted octanol–water partition coefficient (Wildman–Crippen LogP) is 4.44. The van der Waals surface area contributed by atoms with E-state index in [9.17, 15) is 27.6 Å². The van der Waals surface area contributed by atoms with Gasteiger partial charge in [-0.25, -0.2) is 19.4 Å². The van der Waals surface area contributed by atoms with Crippen LogP contribution in [0.2, 0.25) is 0 Å². The first-order valence-electron chi connectivity index (χ1n) is 8.90. The standard InChI is InChI=1S/C19H24F3N3O6/c1-17(2,3)30-15(28)24-14(25-16(29)31-18(4,5)6)23-10-7-8-11(13(26)27)12(9-10)19(20,21)22/h7-9H,1-6H3,(H,26,27)(H2,23,24,25,28,29). The van der Waals surface area contributed by atoms with Crippen molar-refractivity contribution in [3.63, 3.8) is 0 Å². The van der Waals surface area contributed by atoms with Crippen molar-refractivity contribution < 1.29 is 42.1 Å². The minimum Gasteiger partial charge on any atom is -0.478 e. The summed E-state index contributed by atoms with van der Waals surface area (Å²) >= 11 is 0. The number of alkyl carbamates (subject to hydrolysis) is 2. The molecule has 3 N–H and O–H groups in total. The summed E-state index contributed by atoms with van der Waals surface area (Å²) in [4.78, 5) is 38.9. The molecule has 12 heteroatoms. The minimum atomic E-state index is -4.98. The molecule has 0 radical (unpaired) electrons. The van der Waals surface area contributed by atoms with Gasteiger partial charge in [0.25, 0.3) is 0 Å². The number of hydrogen-bond donors (Lipinski definition) is 3. The summed E-state index contributed by atoms with van der Waals surface area (Å²) < 4.78 is 49.8. The van der Waals surface area contributed by atoms with Crippen molar-refractivity contribution in [1.29, 1.82) is 0 Å². The Bertz CT molecular complexity index is 851. The van der Waals surface area contributed by atoms with E-state index in [2.05, 4.69) is 15.6 Å². The third-order valence-corrected chi connectivity index (χ3v) is 3.02. The third-order valence-electron chi connectivity index (χ3n) is 3.02. The maximum absolute atomic E-state index is 13.2. The van der Waals surface area contributed by atoms with Crippen LogP contribution in [0.4, 0.5) is 28.4 Å². The molecule has 0 spiro atoms. The van der Waals surface area contributed by atoms with Gasteiger partial charge in [-0.05, 0) is 59.7 Å². The first kappa shape index (κ1) is 25.7. The summed E-state index contributed by atoms with van der Waals surface area (Å²) in [6, 6.07) is 2.16. The number of aliphatic imine (C=N–C) groups is 1. The number of carbonyl (C=O) groups is 3. The number of guanidine groups is 1. The zero-order valence-electron chi connectivity index (χ0n) is 17.8. The average Bonchev–Trinajstić information content (AvgIpc) is 2.49. The van der Waals surface area contributed by atoms with Crippen molar-refractivity contribution in [3.8, 4) is 0 Å². The second kappa shape index (κ2) is 9.23. The molecule has 0 fully saturated rings. The second-order valence-corrected chi connectivity index (χ2v) is 8.25. The van der Waals surface area contributed by atoms with Gasteiger partial charge in [0, 0.05) is 0 Å². The van der Waals surface area contributed by atoms with Crippen LogP contribution in [0, 0.1) is 0 Å². The molecule has 0 bridgehead atoms. The van der Waals surface area contributed by atoms with E-state index in [0.717, 1.165) is 6.07 Å². The molecule has 0 unspecified atom stereocenters. The molecule has 1 rings (SSSR count). The molecule has 0 aliphatic carbocycles. The summed E-state index contributed by atoms with van der Waals surface area (Å²) in [5.74, 6) is -2.36. The lowest BCUT2D eigenvalue weighted by Gasteiger charge is -2.22. The number of rotatable bonds is 2. The maximum atomic E-state index is 13.2. The molecule has 0 heterocycles. The van der Waals surface area contributed by atoms with Gasteiger partial charge in [0.15, 0.2) is 0 Å². The van der Waals surface area contributed by atoms with Gasteiger partial charge in [-0.2, -0.15) is 13.2 Å². The molecule has 31 heavy (non-hydrogen) atoms. The Balaban J connectivity index is 3.35. The largest absolute Gasteiger partial charge is 0.478 e. The fourth-order valence-electron chi connectivity index (χ4n) is 2.04. The average molecular weight is 447 g/mol. The van der Waals surface area contributed by atoms with Crippen LogP contribution in [0.15, 0.2) is 23.2 Å². The molecular formula is C19H24F3N3O6. The van der Waals surface area contributed by atoms with Crippen LogP contribution in [0.3, 0.4) is 0 Å². The van der Waals surface area contributed by atoms with Gasteiger partial charge >= 0.3 is 24.3 Å². The molecule has 1 aromatic rings. The number of carboxylic acid groups (broad SMARTS) is 1. The Morgan fingerprint density at radius 1 is 0.903 bits per heavy atom. The number of amides is 2. The van der Waals surface area contributed by atoms with Crippen molar-refractivity contribution >= 4 is 29.8 Å². The van der Waals surface area contributed by atoms with Crippen LogP contribution in [0.1, 0.15) is 57.5 Å². The highest BCUT2D eigenvalue weighted by Crippen LogP contribution is 2.34. The van der Waals surface area contributed by atoms with Gasteiger partial charge in [0.05, 0.1) is 16.8 Å². The number of carbonyl (C=O) groups excluding carboxylic acids is 2. The number of hydrogen-bond acceptors (Lipinski definition) is 6. The molecule has 0 saturated carbocycles. The summed E-state index contributed by atoms with van der Waals surface area (Å²) in [7, 11) is 0. The topological polar surface area (TPSA) is 126 Å². The highest BCUT2D eigenvalue weighted by molar-refractivity contribution is 6.02. The van der Waals surface area contributed by atoms with E-state index in [1.165, 1.54) is 0 Å². The highest BCUT2D eigenvalue weighted by Gasteiger charge is 2.35. The number of aromatic carboxylic acids is 1. The molecule has 0 aliphatic rings. The summed E-state index contributed by atoms with van der Waals surface area (Å²) in [6.07, 6.45) is -7.06. The van der Waals surface area contributed by atoms with Gasteiger partial charge in [0.2, 0.25) is 5.96 Å². The van der Waals surface area contributed by atoms with Gasteiger partial charge in [-0.1, -0.05) is 0 Å². The second-order valence-electron chi connectivity index (χ2n) is 8.25. The van der Waals surface area contributed by atoms with Crippen molar-refractivity contribution in [2.24, 2.45) is 4.99 Å². The number of carboxylic acids is 1. The van der Waals surface area contributed by atoms with Crippen LogP contribution < -0.4 is 10.6 Å². The monoisotopic (exact) mass is 447 g/mol. The quantitative estimate of drug-likeness (QED) is 0.454. The van der Waals surface area contributed by atoms with Crippen molar-refractivity contribution in [1.82, 2.24) is 10.6 Å². The Morgan fingerprint density at radius 2 is 1.35 bits per heavy atom. The van der Waals surface area contributed by atoms with Crippen molar-refractivity contribution in [3.05, 3.63) is 29.3 Å². The number of benzene rings is 1. The molecule has 1 aromatic carbocycles. The minimum absolute atomic E-state index is 0.389. The van der Waals surface area contributed by atoms with E-state index in [1.807, 2.05) is 0 Å². The molecular weight excluding hydrogens is 423 g/mol. The van der Waals surface area contributed by atoms with Gasteiger partial charge in [0.1, 0.15) is 11.2 Å². The molecule has 0 saturated heterocycles. The Labute approximate surface area is 176 Å². The summed E-state index contributed by atoms with van der Waals surface area (Å²) in [5.41, 5.74) is -4.63. The lowest BCUT2D eigenvalue weighted by atomic mass is 10.1. The van der Waals surface area contributed by atoms with Crippen LogP contribution in [-0.4, -0.2) is 40.4 Å². The van der Waals surface area contributed by atoms with Crippen LogP contribution >= 0.6 is 0 Å². The van der Waals surface area contributed by atoms with Gasteiger partial charge in [-0.15, -0.1) is 0 Å². The zero-order chi connectivity index (χ0) is 24.2. The molecule has 0 aromatic heterocycles. The van der Waals surface area contributed by atoms with Crippen LogP contribution in [0.25, 0.3) is 0 Å². The first-order valence-corrected chi connectivity index (χ1v) is 8.90. The predicted molar refractivity (Wildman–Crippen MR) is 104 cm³/mol. The Hall–Kier alpha value is -3.31. The fraction of sp³-hybridized carbons (Fsp3) is 0.474. The highest BCUT2D eigenvalue weighted by atomic mass is 19.4. The number of alkyl halides is 3. The third kappa shape index (κ3) is 9.36. The van der Waals surface area contributed by atoms with E-state index in [-0.39, 0.29) is 5.69 Å². The van der Waals surface area contributed by atoms with E-state index >= 15 is 0 Å². The molecule has 0 atom stereocenters. The first-order chi connectivity index (χ1) is 13.9. The summed E-state index contributed by atoms with van der Waals surface area (Å²) in [6.45, 7) is 9.45. The zero-order valence-corrected chi connectivity index (χ0v) is 17.8. The number of nitrogens with one attached hydrogen (secondary N) is 2. The molecule has 9 nitrogen and oxygen atoms in total. The molecule has 2 amide bonds. The summed E-state index contributed by atoms with van der Waals surface area (Å²) in [5, 5.41) is 13.2. The van der Waals surface area contributed by atoms with E-state index < -0.39 is 52.6 Å².